The van der Waals surface area contributed by atoms with Crippen molar-refractivity contribution < 1.29 is 4.43 Å². The van der Waals surface area contributed by atoms with Crippen LogP contribution in [0.4, 0.5) is 0 Å². The van der Waals surface area contributed by atoms with Gasteiger partial charge in [0.05, 0.1) is 6.10 Å². The molecule has 1 aliphatic carbocycles. The molecule has 0 amide bonds. The molecule has 2 nitrogen and oxygen atoms in total. The van der Waals surface area contributed by atoms with Gasteiger partial charge >= 0.3 is 0 Å². The molecule has 1 saturated carbocycles. The molecule has 0 aromatic heterocycles. The van der Waals surface area contributed by atoms with E-state index in [2.05, 4.69) is 39.9 Å². The third-order valence-corrected chi connectivity index (χ3v) is 11.4. The Kier molecular flexibility index (Phi) is 8.06. The van der Waals surface area contributed by atoms with Gasteiger partial charge in [0, 0.05) is 22.2 Å². The molecule has 1 aromatic carbocycles. The van der Waals surface area contributed by atoms with E-state index in [1.54, 1.807) is 0 Å². The number of nitrogens with one attached hydrogen (secondary N) is 1. The van der Waals surface area contributed by atoms with Gasteiger partial charge in [0.25, 0.3) is 0 Å². The highest BCUT2D eigenvalue weighted by Crippen LogP contribution is 2.44. The quantitative estimate of drug-likeness (QED) is 0.411. The topological polar surface area (TPSA) is 21.3 Å². The molecule has 1 aliphatic rings. The van der Waals surface area contributed by atoms with Crippen LogP contribution in [-0.2, 0) is 4.43 Å². The Morgan fingerprint density at radius 1 is 1.12 bits per heavy atom. The van der Waals surface area contributed by atoms with Crippen molar-refractivity contribution in [1.29, 1.82) is 0 Å². The molecule has 0 radical (unpaired) electrons. The van der Waals surface area contributed by atoms with Crippen LogP contribution in [0.15, 0.2) is 18.2 Å². The maximum Gasteiger partial charge on any atom is 0.192 e. The van der Waals surface area contributed by atoms with Gasteiger partial charge in [0.2, 0.25) is 0 Å². The standard InChI is InChI=1S/C21H35Cl2NOSi/c1-6-26(7-2,8-3)25-19(20-17(22)10-9-11-18(20)23)15-24-14-16-12-21(4,5)13-16/h9-11,16,19,24H,6-8,12-15H2,1-5H3. The van der Waals surface area contributed by atoms with Crippen LogP contribution in [0.25, 0.3) is 0 Å². The predicted octanol–water partition coefficient (Wildman–Crippen LogP) is 7.08. The minimum atomic E-state index is -1.76. The summed E-state index contributed by atoms with van der Waals surface area (Å²) in [4.78, 5) is 0. The van der Waals surface area contributed by atoms with E-state index < -0.39 is 8.32 Å². The Balaban J connectivity index is 2.11. The second kappa shape index (κ2) is 9.42. The zero-order valence-electron chi connectivity index (χ0n) is 17.0. The van der Waals surface area contributed by atoms with Gasteiger partial charge in [-0.25, -0.2) is 0 Å². The summed E-state index contributed by atoms with van der Waals surface area (Å²) in [6.07, 6.45) is 2.53. The molecular formula is C21H35Cl2NOSi. The van der Waals surface area contributed by atoms with Gasteiger partial charge in [-0.1, -0.05) is 63.9 Å². The molecule has 0 heterocycles. The fourth-order valence-corrected chi connectivity index (χ4v) is 7.83. The third kappa shape index (κ3) is 5.48. The molecule has 0 bridgehead atoms. The van der Waals surface area contributed by atoms with E-state index in [9.17, 15) is 0 Å². The number of benzene rings is 1. The van der Waals surface area contributed by atoms with E-state index in [0.717, 1.165) is 42.7 Å². The van der Waals surface area contributed by atoms with Crippen molar-refractivity contribution in [3.63, 3.8) is 0 Å². The molecule has 26 heavy (non-hydrogen) atoms. The van der Waals surface area contributed by atoms with Gasteiger partial charge in [0.15, 0.2) is 8.32 Å². The van der Waals surface area contributed by atoms with Crippen LogP contribution in [0, 0.1) is 11.3 Å². The van der Waals surface area contributed by atoms with E-state index in [1.807, 2.05) is 18.2 Å². The average Bonchev–Trinajstić information content (AvgIpc) is 2.57. The van der Waals surface area contributed by atoms with Crippen molar-refractivity contribution in [3.05, 3.63) is 33.8 Å². The first kappa shape index (κ1) is 22.2. The smallest absolute Gasteiger partial charge is 0.192 e. The third-order valence-electron chi connectivity index (χ3n) is 6.09. The van der Waals surface area contributed by atoms with Gasteiger partial charge in [-0.3, -0.25) is 0 Å². The second-order valence-corrected chi connectivity index (χ2v) is 14.1. The zero-order chi connectivity index (χ0) is 19.4. The van der Waals surface area contributed by atoms with Gasteiger partial charge in [-0.2, -0.15) is 0 Å². The average molecular weight is 417 g/mol. The predicted molar refractivity (Wildman–Crippen MR) is 117 cm³/mol. The van der Waals surface area contributed by atoms with Crippen molar-refractivity contribution in [3.8, 4) is 0 Å². The summed E-state index contributed by atoms with van der Waals surface area (Å²) in [6.45, 7) is 13.3. The number of hydrogen-bond donors (Lipinski definition) is 1. The monoisotopic (exact) mass is 415 g/mol. The van der Waals surface area contributed by atoms with Crippen molar-refractivity contribution in [1.82, 2.24) is 5.32 Å². The molecule has 0 aliphatic heterocycles. The molecule has 0 spiro atoms. The highest BCUT2D eigenvalue weighted by atomic mass is 35.5. The summed E-state index contributed by atoms with van der Waals surface area (Å²) < 4.78 is 6.82. The Hall–Kier alpha value is -0.0631. The lowest BCUT2D eigenvalue weighted by Gasteiger charge is -2.43. The van der Waals surface area contributed by atoms with E-state index in [-0.39, 0.29) is 6.10 Å². The van der Waals surface area contributed by atoms with Crippen molar-refractivity contribution in [2.75, 3.05) is 13.1 Å². The number of hydrogen-bond acceptors (Lipinski definition) is 2. The minimum absolute atomic E-state index is 0.0733. The summed E-state index contributed by atoms with van der Waals surface area (Å²) in [5.74, 6) is 0.776. The molecular weight excluding hydrogens is 381 g/mol. The maximum absolute atomic E-state index is 6.82. The summed E-state index contributed by atoms with van der Waals surface area (Å²) in [7, 11) is -1.76. The first-order valence-corrected chi connectivity index (χ1v) is 13.4. The first-order chi connectivity index (χ1) is 12.3. The molecule has 1 atom stereocenters. The zero-order valence-corrected chi connectivity index (χ0v) is 19.5. The van der Waals surface area contributed by atoms with E-state index in [0.29, 0.717) is 15.5 Å². The molecule has 148 valence electrons. The van der Waals surface area contributed by atoms with Crippen LogP contribution in [0.2, 0.25) is 28.2 Å². The SMILES string of the molecule is CC[Si](CC)(CC)OC(CNCC1CC(C)(C)C1)c1c(Cl)cccc1Cl. The molecule has 0 saturated heterocycles. The van der Waals surface area contributed by atoms with Crippen molar-refractivity contribution >= 4 is 31.5 Å². The van der Waals surface area contributed by atoms with Crippen molar-refractivity contribution in [2.45, 2.75) is 71.7 Å². The summed E-state index contributed by atoms with van der Waals surface area (Å²) >= 11 is 13.0. The molecule has 1 unspecified atom stereocenters. The van der Waals surface area contributed by atoms with Crippen LogP contribution in [0.5, 0.6) is 0 Å². The maximum atomic E-state index is 6.82. The van der Waals surface area contributed by atoms with Gasteiger partial charge in [0.1, 0.15) is 0 Å². The number of rotatable bonds is 10. The van der Waals surface area contributed by atoms with Crippen LogP contribution in [0.1, 0.15) is 59.1 Å². The highest BCUT2D eigenvalue weighted by Gasteiger charge is 2.36. The highest BCUT2D eigenvalue weighted by molar-refractivity contribution is 6.73. The normalized spacial score (nSPS) is 18.6. The lowest BCUT2D eigenvalue weighted by molar-refractivity contribution is 0.0915. The summed E-state index contributed by atoms with van der Waals surface area (Å²) in [6, 6.07) is 9.10. The fraction of sp³-hybridized carbons (Fsp3) is 0.714. The minimum Gasteiger partial charge on any atom is -0.409 e. The lowest BCUT2D eigenvalue weighted by Crippen LogP contribution is -2.42. The van der Waals surface area contributed by atoms with Crippen LogP contribution in [-0.4, -0.2) is 21.4 Å². The van der Waals surface area contributed by atoms with Crippen molar-refractivity contribution in [2.24, 2.45) is 11.3 Å². The lowest BCUT2D eigenvalue weighted by atomic mass is 9.64. The first-order valence-electron chi connectivity index (χ1n) is 10.1. The fourth-order valence-electron chi connectivity index (χ4n) is 4.39. The van der Waals surface area contributed by atoms with Gasteiger partial charge < -0.3 is 9.74 Å². The Labute approximate surface area is 171 Å². The summed E-state index contributed by atoms with van der Waals surface area (Å²) in [5.41, 5.74) is 1.47. The van der Waals surface area contributed by atoms with Crippen LogP contribution in [0.3, 0.4) is 0 Å². The molecule has 1 N–H and O–H groups in total. The molecule has 2 rings (SSSR count). The van der Waals surface area contributed by atoms with Crippen LogP contribution >= 0.6 is 23.2 Å². The Bertz CT molecular complexity index is 553. The van der Waals surface area contributed by atoms with E-state index in [1.165, 1.54) is 12.8 Å². The molecule has 1 fully saturated rings. The van der Waals surface area contributed by atoms with Gasteiger partial charge in [-0.15, -0.1) is 0 Å². The molecule has 1 aromatic rings. The van der Waals surface area contributed by atoms with E-state index in [4.69, 9.17) is 27.6 Å². The van der Waals surface area contributed by atoms with Gasteiger partial charge in [-0.05, 0) is 61.0 Å². The van der Waals surface area contributed by atoms with E-state index >= 15 is 0 Å². The second-order valence-electron chi connectivity index (χ2n) is 8.58. The largest absolute Gasteiger partial charge is 0.409 e. The Morgan fingerprint density at radius 2 is 1.65 bits per heavy atom. The van der Waals surface area contributed by atoms with Crippen LogP contribution < -0.4 is 5.32 Å². The Morgan fingerprint density at radius 3 is 2.12 bits per heavy atom. The number of halogens is 2. The molecule has 5 heteroatoms. The summed E-state index contributed by atoms with van der Waals surface area (Å²) in [5, 5.41) is 5.07.